The monoisotopic (exact) mass is 417 g/mol. The van der Waals surface area contributed by atoms with E-state index in [1.54, 1.807) is 26.1 Å². The van der Waals surface area contributed by atoms with E-state index in [1.165, 1.54) is 22.5 Å². The molecule has 3 aromatic rings. The number of pyridine rings is 1. The van der Waals surface area contributed by atoms with Crippen LogP contribution in [-0.2, 0) is 10.0 Å². The molecule has 0 fully saturated rings. The lowest BCUT2D eigenvalue weighted by Gasteiger charge is -2.19. The van der Waals surface area contributed by atoms with Crippen LogP contribution in [-0.4, -0.2) is 36.7 Å². The Morgan fingerprint density at radius 1 is 1.11 bits per heavy atom. The van der Waals surface area contributed by atoms with E-state index in [0.717, 1.165) is 5.39 Å². The van der Waals surface area contributed by atoms with Crippen LogP contribution in [0.2, 0.25) is 5.02 Å². The molecule has 1 amide bonds. The van der Waals surface area contributed by atoms with Crippen molar-refractivity contribution in [2.24, 2.45) is 0 Å². The van der Waals surface area contributed by atoms with E-state index in [2.05, 4.69) is 10.3 Å². The van der Waals surface area contributed by atoms with Crippen molar-refractivity contribution in [2.75, 3.05) is 18.4 Å². The first-order chi connectivity index (χ1) is 13.4. The molecule has 0 bridgehead atoms. The highest BCUT2D eigenvalue weighted by molar-refractivity contribution is 7.89. The zero-order chi connectivity index (χ0) is 20.3. The maximum atomic E-state index is 12.8. The molecule has 146 valence electrons. The normalized spacial score (nSPS) is 11.7. The Bertz CT molecular complexity index is 1120. The summed E-state index contributed by atoms with van der Waals surface area (Å²) in [5, 5.41) is 3.77. The van der Waals surface area contributed by atoms with Crippen molar-refractivity contribution in [1.82, 2.24) is 9.29 Å². The number of hydrogen-bond acceptors (Lipinski definition) is 4. The van der Waals surface area contributed by atoms with Crippen LogP contribution in [0.1, 0.15) is 24.2 Å². The Balaban J connectivity index is 1.97. The quantitative estimate of drug-likeness (QED) is 0.652. The number of sulfonamides is 1. The van der Waals surface area contributed by atoms with Gasteiger partial charge in [0.1, 0.15) is 4.90 Å². The highest BCUT2D eigenvalue weighted by Gasteiger charge is 2.25. The molecule has 0 atom stereocenters. The largest absolute Gasteiger partial charge is 0.320 e. The molecule has 28 heavy (non-hydrogen) atoms. The summed E-state index contributed by atoms with van der Waals surface area (Å²) in [7, 11) is -3.79. The average Bonchev–Trinajstić information content (AvgIpc) is 2.69. The number of aromatic nitrogens is 1. The molecule has 2 aromatic carbocycles. The smallest absolute Gasteiger partial charge is 0.255 e. The maximum Gasteiger partial charge on any atom is 0.255 e. The number of hydrogen-bond donors (Lipinski definition) is 1. The first-order valence-corrected chi connectivity index (χ1v) is 10.6. The number of nitrogens with one attached hydrogen (secondary N) is 1. The molecule has 0 saturated heterocycles. The van der Waals surface area contributed by atoms with Gasteiger partial charge in [0.15, 0.2) is 0 Å². The number of amides is 1. The van der Waals surface area contributed by atoms with Crippen LogP contribution in [0.4, 0.5) is 5.69 Å². The number of benzene rings is 2. The van der Waals surface area contributed by atoms with Crippen LogP contribution in [0.5, 0.6) is 0 Å². The highest BCUT2D eigenvalue weighted by Crippen LogP contribution is 2.27. The van der Waals surface area contributed by atoms with Gasteiger partial charge in [0.2, 0.25) is 10.0 Å². The molecule has 0 saturated carbocycles. The van der Waals surface area contributed by atoms with E-state index in [9.17, 15) is 13.2 Å². The molecule has 0 spiro atoms. The molecule has 8 heteroatoms. The van der Waals surface area contributed by atoms with Gasteiger partial charge in [0.05, 0.1) is 16.2 Å². The van der Waals surface area contributed by atoms with Crippen LogP contribution >= 0.6 is 11.6 Å². The first-order valence-electron chi connectivity index (χ1n) is 8.83. The third-order valence-electron chi connectivity index (χ3n) is 4.40. The van der Waals surface area contributed by atoms with E-state index < -0.39 is 15.9 Å². The minimum absolute atomic E-state index is 0.0790. The lowest BCUT2D eigenvalue weighted by Crippen LogP contribution is -2.31. The van der Waals surface area contributed by atoms with Crippen LogP contribution in [0, 0.1) is 0 Å². The number of halogens is 1. The summed E-state index contributed by atoms with van der Waals surface area (Å²) < 4.78 is 26.9. The number of carbonyl (C=O) groups excluding carboxylic acids is 1. The molecule has 0 aliphatic rings. The summed E-state index contributed by atoms with van der Waals surface area (Å²) in [5.74, 6) is -0.439. The van der Waals surface area contributed by atoms with E-state index >= 15 is 0 Å². The van der Waals surface area contributed by atoms with Gasteiger partial charge in [-0.25, -0.2) is 8.42 Å². The fourth-order valence-electron chi connectivity index (χ4n) is 2.94. The molecule has 1 heterocycles. The van der Waals surface area contributed by atoms with Crippen LogP contribution in [0.25, 0.3) is 10.9 Å². The standard InChI is InChI=1S/C20H20ClN3O3S/c1-3-24(4-2)28(26,27)18-13-15(10-11-16(18)21)20(25)23-17-9-5-7-14-8-6-12-22-19(14)17/h5-13H,3-4H2,1-2H3,(H,23,25). The number of rotatable bonds is 6. The van der Waals surface area contributed by atoms with E-state index in [1.807, 2.05) is 24.3 Å². The van der Waals surface area contributed by atoms with Gasteiger partial charge in [-0.2, -0.15) is 4.31 Å². The lowest BCUT2D eigenvalue weighted by atomic mass is 10.1. The summed E-state index contributed by atoms with van der Waals surface area (Å²) in [6.07, 6.45) is 1.65. The number of para-hydroxylation sites is 1. The first kappa shape index (κ1) is 20.3. The Morgan fingerprint density at radius 2 is 1.82 bits per heavy atom. The fraction of sp³-hybridized carbons (Fsp3) is 0.200. The van der Waals surface area contributed by atoms with Crippen LogP contribution in [0.3, 0.4) is 0 Å². The Labute approximate surface area is 169 Å². The summed E-state index contributed by atoms with van der Waals surface area (Å²) in [6.45, 7) is 4.12. The molecular formula is C20H20ClN3O3S. The number of nitrogens with zero attached hydrogens (tertiary/aromatic N) is 2. The van der Waals surface area contributed by atoms with E-state index in [4.69, 9.17) is 11.6 Å². The average molecular weight is 418 g/mol. The van der Waals surface area contributed by atoms with Crippen molar-refractivity contribution < 1.29 is 13.2 Å². The molecule has 0 unspecified atom stereocenters. The second-order valence-corrected chi connectivity index (χ2v) is 8.38. The van der Waals surface area contributed by atoms with Crippen molar-refractivity contribution >= 4 is 44.1 Å². The second kappa shape index (κ2) is 8.26. The molecule has 0 aliphatic carbocycles. The van der Waals surface area contributed by atoms with E-state index in [0.29, 0.717) is 24.3 Å². The third kappa shape index (κ3) is 3.87. The summed E-state index contributed by atoms with van der Waals surface area (Å²) in [5.41, 5.74) is 1.40. The van der Waals surface area contributed by atoms with Crippen LogP contribution in [0.15, 0.2) is 59.6 Å². The van der Waals surface area contributed by atoms with Gasteiger partial charge >= 0.3 is 0 Å². The molecule has 3 rings (SSSR count). The molecule has 6 nitrogen and oxygen atoms in total. The summed E-state index contributed by atoms with van der Waals surface area (Å²) in [4.78, 5) is 17.0. The molecule has 1 aromatic heterocycles. The van der Waals surface area contributed by atoms with Gasteiger partial charge in [-0.05, 0) is 30.3 Å². The summed E-state index contributed by atoms with van der Waals surface area (Å²) in [6, 6.07) is 13.4. The van der Waals surface area contributed by atoms with Crippen molar-refractivity contribution in [1.29, 1.82) is 0 Å². The molecule has 0 radical (unpaired) electrons. The number of anilines is 1. The minimum atomic E-state index is -3.79. The number of fused-ring (bicyclic) bond motifs is 1. The number of carbonyl (C=O) groups is 1. The lowest BCUT2D eigenvalue weighted by molar-refractivity contribution is 0.102. The van der Waals surface area contributed by atoms with Gasteiger partial charge in [-0.15, -0.1) is 0 Å². The van der Waals surface area contributed by atoms with Crippen molar-refractivity contribution in [3.05, 3.63) is 65.3 Å². The van der Waals surface area contributed by atoms with Gasteiger partial charge in [0.25, 0.3) is 5.91 Å². The van der Waals surface area contributed by atoms with Gasteiger partial charge < -0.3 is 5.32 Å². The van der Waals surface area contributed by atoms with Crippen molar-refractivity contribution in [3.8, 4) is 0 Å². The molecular weight excluding hydrogens is 398 g/mol. The van der Waals surface area contributed by atoms with E-state index in [-0.39, 0.29) is 15.5 Å². The predicted molar refractivity (Wildman–Crippen MR) is 111 cm³/mol. The highest BCUT2D eigenvalue weighted by atomic mass is 35.5. The van der Waals surface area contributed by atoms with Gasteiger partial charge in [-0.1, -0.05) is 43.6 Å². The topological polar surface area (TPSA) is 79.4 Å². The molecule has 0 aliphatic heterocycles. The minimum Gasteiger partial charge on any atom is -0.320 e. The maximum absolute atomic E-state index is 12.8. The second-order valence-electron chi connectivity index (χ2n) is 6.07. The Kier molecular flexibility index (Phi) is 5.98. The zero-order valence-corrected chi connectivity index (χ0v) is 17.1. The van der Waals surface area contributed by atoms with Crippen molar-refractivity contribution in [3.63, 3.8) is 0 Å². The van der Waals surface area contributed by atoms with Gasteiger partial charge in [-0.3, -0.25) is 9.78 Å². The van der Waals surface area contributed by atoms with Crippen molar-refractivity contribution in [2.45, 2.75) is 18.7 Å². The summed E-state index contributed by atoms with van der Waals surface area (Å²) >= 11 is 6.13. The zero-order valence-electron chi connectivity index (χ0n) is 15.5. The Morgan fingerprint density at radius 3 is 2.54 bits per heavy atom. The van der Waals surface area contributed by atoms with Gasteiger partial charge in [0, 0.05) is 30.2 Å². The predicted octanol–water partition coefficient (Wildman–Crippen LogP) is 4.17. The Hall–Kier alpha value is -2.48. The third-order valence-corrected chi connectivity index (χ3v) is 6.93. The fourth-order valence-corrected chi connectivity index (χ4v) is 4.90. The van der Waals surface area contributed by atoms with Crippen LogP contribution < -0.4 is 5.32 Å². The SMILES string of the molecule is CCN(CC)S(=O)(=O)c1cc(C(=O)Nc2cccc3cccnc23)ccc1Cl. The molecule has 1 N–H and O–H groups in total.